The molecule has 3 aliphatic rings. The number of nitrogens with zero attached hydrogens (tertiary/aromatic N) is 4. The molecular formula is C19H19F3N6O3S. The zero-order valence-electron chi connectivity index (χ0n) is 19.3. The van der Waals surface area contributed by atoms with Gasteiger partial charge in [-0.15, -0.1) is 5.10 Å². The highest BCUT2D eigenvalue weighted by Gasteiger charge is 2.68. The van der Waals surface area contributed by atoms with Crippen LogP contribution in [-0.4, -0.2) is 45.3 Å². The molecule has 170 valence electrons. The number of imidazole rings is 1. The van der Waals surface area contributed by atoms with Crippen LogP contribution in [0, 0.1) is 12.3 Å². The third-order valence-electron chi connectivity index (χ3n) is 6.05. The summed E-state index contributed by atoms with van der Waals surface area (Å²) >= 11 is 0. The first kappa shape index (κ1) is 17.7. The number of sulfonamides is 1. The van der Waals surface area contributed by atoms with Crippen molar-refractivity contribution in [2.75, 3.05) is 12.3 Å². The predicted molar refractivity (Wildman–Crippen MR) is 107 cm³/mol. The number of fused-ring (bicyclic) bond motifs is 1. The van der Waals surface area contributed by atoms with Gasteiger partial charge in [0, 0.05) is 21.8 Å². The second-order valence-corrected chi connectivity index (χ2v) is 10.2. The molecule has 2 bridgehead atoms. The van der Waals surface area contributed by atoms with Gasteiger partial charge in [-0.25, -0.2) is 27.6 Å². The van der Waals surface area contributed by atoms with Gasteiger partial charge in [-0.3, -0.25) is 0 Å². The van der Waals surface area contributed by atoms with Gasteiger partial charge in [0.25, 0.3) is 5.82 Å². The van der Waals surface area contributed by atoms with Crippen LogP contribution in [0.25, 0.3) is 16.9 Å². The summed E-state index contributed by atoms with van der Waals surface area (Å²) in [5.41, 5.74) is 3.73. The maximum absolute atomic E-state index is 13.3. The Kier molecular flexibility index (Phi) is 3.54. The van der Waals surface area contributed by atoms with Gasteiger partial charge >= 0.3 is 6.18 Å². The molecule has 3 saturated carbocycles. The van der Waals surface area contributed by atoms with Crippen molar-refractivity contribution in [2.24, 2.45) is 5.41 Å². The van der Waals surface area contributed by atoms with Crippen LogP contribution in [0.2, 0.25) is 0 Å². The molecule has 0 atom stereocenters. The Balaban J connectivity index is 1.63. The molecule has 0 spiro atoms. The Morgan fingerprint density at radius 3 is 2.69 bits per heavy atom. The van der Waals surface area contributed by atoms with Crippen molar-refractivity contribution in [2.45, 2.75) is 42.7 Å². The monoisotopic (exact) mass is 471 g/mol. The molecule has 0 amide bonds. The molecule has 6 rings (SSSR count). The molecule has 0 aliphatic heterocycles. The van der Waals surface area contributed by atoms with Gasteiger partial charge in [0.15, 0.2) is 11.5 Å². The van der Waals surface area contributed by atoms with Crippen LogP contribution in [0.4, 0.5) is 19.0 Å². The highest BCUT2D eigenvalue weighted by molar-refractivity contribution is 7.89. The first-order valence-electron chi connectivity index (χ1n) is 11.0. The molecule has 0 unspecified atom stereocenters. The van der Waals surface area contributed by atoms with Gasteiger partial charge in [0.1, 0.15) is 0 Å². The average Bonchev–Trinajstić information content (AvgIpc) is 3.12. The minimum atomic E-state index is -4.94. The summed E-state index contributed by atoms with van der Waals surface area (Å²) in [6, 6.07) is 3.27. The molecule has 2 aromatic heterocycles. The van der Waals surface area contributed by atoms with E-state index in [1.165, 1.54) is 0 Å². The summed E-state index contributed by atoms with van der Waals surface area (Å²) in [6.45, 7) is -2.77. The standard InChI is InChI=1S/C19H19F3N6O3S/c1-10-2-3-11(32(30,31)27-18-6-17(7-18,8-18)9-29)4-12(10)13-5-24-15-14(23)25-16(19(20,21)22)26-28(13)15/h2-5,27,29H,6-9H2,1H3,(H2,23,25,26)/i1D3. The van der Waals surface area contributed by atoms with Gasteiger partial charge < -0.3 is 10.8 Å². The molecule has 1 aromatic carbocycles. The van der Waals surface area contributed by atoms with Crippen molar-refractivity contribution in [1.82, 2.24) is 24.3 Å². The number of aryl methyl sites for hydroxylation is 1. The third-order valence-corrected chi connectivity index (χ3v) is 7.62. The lowest BCUT2D eigenvalue weighted by atomic mass is 9.40. The number of halogens is 3. The summed E-state index contributed by atoms with van der Waals surface area (Å²) in [6.07, 6.45) is -2.43. The van der Waals surface area contributed by atoms with Crippen molar-refractivity contribution in [3.05, 3.63) is 35.8 Å². The molecule has 0 saturated heterocycles. The second-order valence-electron chi connectivity index (χ2n) is 8.48. The number of aromatic nitrogens is 4. The maximum Gasteiger partial charge on any atom is 0.453 e. The van der Waals surface area contributed by atoms with E-state index in [1.807, 2.05) is 0 Å². The fraction of sp³-hybridized carbons (Fsp3) is 0.421. The zero-order valence-corrected chi connectivity index (χ0v) is 17.1. The average molecular weight is 471 g/mol. The number of aliphatic hydroxyl groups is 1. The van der Waals surface area contributed by atoms with Crippen LogP contribution < -0.4 is 10.5 Å². The number of alkyl halides is 3. The summed E-state index contributed by atoms with van der Waals surface area (Å²) in [5.74, 6) is -2.15. The third kappa shape index (κ3) is 3.06. The number of anilines is 1. The number of nitrogens with two attached hydrogens (primary N) is 1. The fourth-order valence-corrected chi connectivity index (χ4v) is 6.15. The highest BCUT2D eigenvalue weighted by atomic mass is 32.2. The minimum absolute atomic E-state index is 0.0346. The molecule has 2 heterocycles. The smallest absolute Gasteiger partial charge is 0.396 e. The topological polar surface area (TPSA) is 136 Å². The van der Waals surface area contributed by atoms with Crippen molar-refractivity contribution in [3.63, 3.8) is 0 Å². The van der Waals surface area contributed by atoms with Gasteiger partial charge in [0.05, 0.1) is 16.8 Å². The predicted octanol–water partition coefficient (Wildman–Crippen LogP) is 1.89. The Bertz CT molecular complexity index is 1450. The van der Waals surface area contributed by atoms with Crippen LogP contribution in [0.1, 0.15) is 34.8 Å². The molecule has 32 heavy (non-hydrogen) atoms. The van der Waals surface area contributed by atoms with Crippen LogP contribution in [0.5, 0.6) is 0 Å². The van der Waals surface area contributed by atoms with Crippen molar-refractivity contribution >= 4 is 21.5 Å². The molecule has 13 heteroatoms. The fourth-order valence-electron chi connectivity index (χ4n) is 4.73. The van der Waals surface area contributed by atoms with Gasteiger partial charge in [-0.1, -0.05) is 6.07 Å². The SMILES string of the molecule is [2H]C([2H])([2H])c1ccc(S(=O)(=O)NC23CC(CO)(C2)C3)cc1-c1cnc2c(N)nc(C(F)(F)F)nn12. The van der Waals surface area contributed by atoms with E-state index in [-0.39, 0.29) is 39.4 Å². The number of nitrogen functional groups attached to an aromatic ring is 1. The van der Waals surface area contributed by atoms with Crippen LogP contribution in [-0.2, 0) is 16.2 Å². The Morgan fingerprint density at radius 1 is 1.34 bits per heavy atom. The molecule has 3 aliphatic carbocycles. The molecule has 9 nitrogen and oxygen atoms in total. The van der Waals surface area contributed by atoms with Crippen LogP contribution >= 0.6 is 0 Å². The molecule has 3 aromatic rings. The summed E-state index contributed by atoms with van der Waals surface area (Å²) in [4.78, 5) is 6.83. The van der Waals surface area contributed by atoms with Gasteiger partial charge in [0.2, 0.25) is 10.0 Å². The summed E-state index contributed by atoms with van der Waals surface area (Å²) in [5, 5.41) is 12.8. The van der Waals surface area contributed by atoms with Crippen molar-refractivity contribution in [3.8, 4) is 11.3 Å². The van der Waals surface area contributed by atoms with E-state index < -0.39 is 40.2 Å². The molecule has 3 fully saturated rings. The lowest BCUT2D eigenvalue weighted by Crippen LogP contribution is -2.75. The first-order chi connectivity index (χ1) is 16.1. The lowest BCUT2D eigenvalue weighted by molar-refractivity contribution is -0.167. The number of benzene rings is 1. The van der Waals surface area contributed by atoms with E-state index in [9.17, 15) is 26.7 Å². The van der Waals surface area contributed by atoms with Crippen molar-refractivity contribution in [1.29, 1.82) is 0 Å². The van der Waals surface area contributed by atoms with Crippen LogP contribution in [0.15, 0.2) is 29.3 Å². The summed E-state index contributed by atoms with van der Waals surface area (Å²) < 4.78 is 92.9. The number of hydrogen-bond acceptors (Lipinski definition) is 7. The number of hydrogen-bond donors (Lipinski definition) is 3. The zero-order chi connectivity index (χ0) is 25.6. The Morgan fingerprint density at radius 2 is 2.06 bits per heavy atom. The number of nitrogens with one attached hydrogen (secondary N) is 1. The molecule has 4 N–H and O–H groups in total. The summed E-state index contributed by atoms with van der Waals surface area (Å²) in [7, 11) is -4.13. The Labute approximate surface area is 184 Å². The lowest BCUT2D eigenvalue weighted by Gasteiger charge is -2.69. The van der Waals surface area contributed by atoms with Crippen molar-refractivity contribution < 1.29 is 30.8 Å². The van der Waals surface area contributed by atoms with Gasteiger partial charge in [-0.2, -0.15) is 13.2 Å². The highest BCUT2D eigenvalue weighted by Crippen LogP contribution is 2.67. The minimum Gasteiger partial charge on any atom is -0.396 e. The van der Waals surface area contributed by atoms with E-state index in [2.05, 4.69) is 19.8 Å². The van der Waals surface area contributed by atoms with Gasteiger partial charge in [-0.05, 0) is 49.2 Å². The van der Waals surface area contributed by atoms with E-state index in [4.69, 9.17) is 9.85 Å². The number of aliphatic hydroxyl groups excluding tert-OH is 1. The first-order valence-corrected chi connectivity index (χ1v) is 10.9. The molecular weight excluding hydrogens is 449 g/mol. The Hall–Kier alpha value is -2.77. The number of rotatable bonds is 5. The second kappa shape index (κ2) is 6.39. The largest absolute Gasteiger partial charge is 0.453 e. The van der Waals surface area contributed by atoms with Crippen LogP contribution in [0.3, 0.4) is 0 Å². The quantitative estimate of drug-likeness (QED) is 0.517. The normalized spacial score (nSPS) is 26.7. The van der Waals surface area contributed by atoms with E-state index in [0.29, 0.717) is 23.8 Å². The van der Waals surface area contributed by atoms with E-state index >= 15 is 0 Å². The maximum atomic E-state index is 13.3. The van der Waals surface area contributed by atoms with E-state index in [0.717, 1.165) is 24.4 Å². The molecule has 0 radical (unpaired) electrons. The van der Waals surface area contributed by atoms with E-state index in [1.54, 1.807) is 0 Å².